The van der Waals surface area contributed by atoms with Gasteiger partial charge in [0, 0.05) is 18.8 Å². The SMILES string of the molecule is CCOC1(C(=O)Nc2ccc(OCCCN(C)C)cc2)CCC(C)CC1. The first-order chi connectivity index (χ1) is 12.4. The van der Waals surface area contributed by atoms with Crippen LogP contribution in [-0.4, -0.2) is 50.3 Å². The van der Waals surface area contributed by atoms with Crippen molar-refractivity contribution in [3.05, 3.63) is 24.3 Å². The molecule has 1 aliphatic carbocycles. The van der Waals surface area contributed by atoms with Crippen LogP contribution in [0.3, 0.4) is 0 Å². The molecule has 26 heavy (non-hydrogen) atoms. The number of nitrogens with one attached hydrogen (secondary N) is 1. The van der Waals surface area contributed by atoms with Crippen LogP contribution < -0.4 is 10.1 Å². The number of benzene rings is 1. The van der Waals surface area contributed by atoms with E-state index in [2.05, 4.69) is 31.2 Å². The molecule has 1 N–H and O–H groups in total. The fourth-order valence-electron chi connectivity index (χ4n) is 3.39. The van der Waals surface area contributed by atoms with Crippen LogP contribution in [0, 0.1) is 5.92 Å². The number of hydrogen-bond acceptors (Lipinski definition) is 4. The van der Waals surface area contributed by atoms with Crippen LogP contribution >= 0.6 is 0 Å². The summed E-state index contributed by atoms with van der Waals surface area (Å²) < 4.78 is 11.7. The van der Waals surface area contributed by atoms with Crippen molar-refractivity contribution < 1.29 is 14.3 Å². The van der Waals surface area contributed by atoms with Crippen LogP contribution in [0.25, 0.3) is 0 Å². The molecule has 0 heterocycles. The van der Waals surface area contributed by atoms with Gasteiger partial charge in [0.15, 0.2) is 0 Å². The molecule has 0 radical (unpaired) electrons. The summed E-state index contributed by atoms with van der Waals surface area (Å²) in [4.78, 5) is 15.0. The number of hydrogen-bond donors (Lipinski definition) is 1. The van der Waals surface area contributed by atoms with E-state index in [1.807, 2.05) is 31.2 Å². The maximum atomic E-state index is 12.9. The topological polar surface area (TPSA) is 50.8 Å². The summed E-state index contributed by atoms with van der Waals surface area (Å²) in [7, 11) is 4.11. The lowest BCUT2D eigenvalue weighted by atomic mass is 9.78. The van der Waals surface area contributed by atoms with Crippen LogP contribution in [0.1, 0.15) is 46.0 Å². The number of anilines is 1. The van der Waals surface area contributed by atoms with E-state index in [0.717, 1.165) is 50.1 Å². The summed E-state index contributed by atoms with van der Waals surface area (Å²) in [6, 6.07) is 7.59. The second-order valence-corrected chi connectivity index (χ2v) is 7.59. The molecular weight excluding hydrogens is 328 g/mol. The van der Waals surface area contributed by atoms with E-state index in [1.165, 1.54) is 0 Å². The highest BCUT2D eigenvalue weighted by Gasteiger charge is 2.41. The van der Waals surface area contributed by atoms with E-state index >= 15 is 0 Å². The number of carbonyl (C=O) groups is 1. The fourth-order valence-corrected chi connectivity index (χ4v) is 3.39. The van der Waals surface area contributed by atoms with Gasteiger partial charge in [-0.2, -0.15) is 0 Å². The summed E-state index contributed by atoms with van der Waals surface area (Å²) in [5, 5.41) is 3.04. The van der Waals surface area contributed by atoms with Crippen molar-refractivity contribution in [2.45, 2.75) is 51.6 Å². The van der Waals surface area contributed by atoms with Gasteiger partial charge in [0.1, 0.15) is 11.4 Å². The van der Waals surface area contributed by atoms with Crippen LogP contribution in [-0.2, 0) is 9.53 Å². The fraction of sp³-hybridized carbons (Fsp3) is 0.667. The molecule has 0 saturated heterocycles. The highest BCUT2D eigenvalue weighted by molar-refractivity contribution is 5.97. The monoisotopic (exact) mass is 362 g/mol. The Hall–Kier alpha value is -1.59. The van der Waals surface area contributed by atoms with Gasteiger partial charge >= 0.3 is 0 Å². The number of rotatable bonds is 9. The van der Waals surface area contributed by atoms with Gasteiger partial charge in [-0.05, 0) is 83.3 Å². The molecule has 1 aromatic rings. The van der Waals surface area contributed by atoms with Crippen molar-refractivity contribution in [2.24, 2.45) is 5.92 Å². The lowest BCUT2D eigenvalue weighted by molar-refractivity contribution is -0.146. The van der Waals surface area contributed by atoms with E-state index in [1.54, 1.807) is 0 Å². The van der Waals surface area contributed by atoms with Crippen LogP contribution in [0.4, 0.5) is 5.69 Å². The van der Waals surface area contributed by atoms with E-state index in [9.17, 15) is 4.79 Å². The molecule has 0 atom stereocenters. The van der Waals surface area contributed by atoms with Crippen LogP contribution in [0.5, 0.6) is 5.75 Å². The molecule has 5 heteroatoms. The van der Waals surface area contributed by atoms with E-state index in [0.29, 0.717) is 19.1 Å². The minimum Gasteiger partial charge on any atom is -0.494 e. The molecular formula is C21H34N2O3. The molecule has 0 aliphatic heterocycles. The van der Waals surface area contributed by atoms with Crippen molar-refractivity contribution in [3.63, 3.8) is 0 Å². The summed E-state index contributed by atoms with van der Waals surface area (Å²) in [6.07, 6.45) is 4.64. The lowest BCUT2D eigenvalue weighted by Gasteiger charge is -2.37. The quantitative estimate of drug-likeness (QED) is 0.676. The van der Waals surface area contributed by atoms with Gasteiger partial charge in [0.25, 0.3) is 5.91 Å². The Morgan fingerprint density at radius 1 is 1.23 bits per heavy atom. The first kappa shape index (κ1) is 20.7. The molecule has 1 fully saturated rings. The Bertz CT molecular complexity index is 549. The number of nitrogens with zero attached hydrogens (tertiary/aromatic N) is 1. The lowest BCUT2D eigenvalue weighted by Crippen LogP contribution is -2.48. The third-order valence-electron chi connectivity index (χ3n) is 5.05. The molecule has 1 aromatic carbocycles. The first-order valence-corrected chi connectivity index (χ1v) is 9.78. The average molecular weight is 363 g/mol. The molecule has 146 valence electrons. The van der Waals surface area contributed by atoms with Gasteiger partial charge in [0.05, 0.1) is 6.61 Å². The molecule has 0 unspecified atom stereocenters. The summed E-state index contributed by atoms with van der Waals surface area (Å²) in [5.41, 5.74) is 0.108. The Labute approximate surface area is 158 Å². The number of ether oxygens (including phenoxy) is 2. The smallest absolute Gasteiger partial charge is 0.256 e. The highest BCUT2D eigenvalue weighted by Crippen LogP contribution is 2.35. The Morgan fingerprint density at radius 2 is 1.88 bits per heavy atom. The normalized spacial score (nSPS) is 23.0. The summed E-state index contributed by atoms with van der Waals surface area (Å²) in [5.74, 6) is 1.47. The molecule has 5 nitrogen and oxygen atoms in total. The highest BCUT2D eigenvalue weighted by atomic mass is 16.5. The maximum Gasteiger partial charge on any atom is 0.256 e. The Morgan fingerprint density at radius 3 is 2.46 bits per heavy atom. The first-order valence-electron chi connectivity index (χ1n) is 9.78. The standard InChI is InChI=1S/C21H34N2O3/c1-5-26-21(13-11-17(2)12-14-21)20(24)22-18-7-9-19(10-8-18)25-16-6-15-23(3)4/h7-10,17H,5-6,11-16H2,1-4H3,(H,22,24). The van der Waals surface area contributed by atoms with Gasteiger partial charge in [0.2, 0.25) is 0 Å². The van der Waals surface area contributed by atoms with E-state index < -0.39 is 5.60 Å². The molecule has 0 spiro atoms. The third kappa shape index (κ3) is 5.99. The summed E-state index contributed by atoms with van der Waals surface area (Å²) >= 11 is 0. The molecule has 2 rings (SSSR count). The molecule has 0 aromatic heterocycles. The van der Waals surface area contributed by atoms with Crippen molar-refractivity contribution in [3.8, 4) is 5.75 Å². The van der Waals surface area contributed by atoms with Gasteiger partial charge in [-0.15, -0.1) is 0 Å². The van der Waals surface area contributed by atoms with Gasteiger partial charge in [-0.1, -0.05) is 6.92 Å². The number of carbonyl (C=O) groups excluding carboxylic acids is 1. The van der Waals surface area contributed by atoms with Crippen molar-refractivity contribution in [1.82, 2.24) is 4.90 Å². The predicted octanol–water partition coefficient (Wildman–Crippen LogP) is 3.94. The molecule has 1 amide bonds. The zero-order valence-electron chi connectivity index (χ0n) is 16.7. The van der Waals surface area contributed by atoms with Gasteiger partial charge in [-0.25, -0.2) is 0 Å². The third-order valence-corrected chi connectivity index (χ3v) is 5.05. The molecule has 1 aliphatic rings. The largest absolute Gasteiger partial charge is 0.494 e. The maximum absolute atomic E-state index is 12.9. The summed E-state index contributed by atoms with van der Waals surface area (Å²) in [6.45, 7) is 6.45. The second kappa shape index (κ2) is 9.93. The minimum atomic E-state index is -0.678. The average Bonchev–Trinajstić information content (AvgIpc) is 2.62. The van der Waals surface area contributed by atoms with Gasteiger partial charge in [-0.3, -0.25) is 4.79 Å². The Balaban J connectivity index is 1.89. The van der Waals surface area contributed by atoms with E-state index in [-0.39, 0.29) is 5.91 Å². The van der Waals surface area contributed by atoms with Crippen LogP contribution in [0.15, 0.2) is 24.3 Å². The molecule has 0 bridgehead atoms. The molecule has 1 saturated carbocycles. The second-order valence-electron chi connectivity index (χ2n) is 7.59. The zero-order valence-corrected chi connectivity index (χ0v) is 16.7. The van der Waals surface area contributed by atoms with Crippen molar-refractivity contribution in [2.75, 3.05) is 39.2 Å². The minimum absolute atomic E-state index is 0.0223. The van der Waals surface area contributed by atoms with Crippen molar-refractivity contribution in [1.29, 1.82) is 0 Å². The Kier molecular flexibility index (Phi) is 7.91. The van der Waals surface area contributed by atoms with Gasteiger partial charge < -0.3 is 19.7 Å². The number of amides is 1. The predicted molar refractivity (Wildman–Crippen MR) is 106 cm³/mol. The van der Waals surface area contributed by atoms with E-state index in [4.69, 9.17) is 9.47 Å². The van der Waals surface area contributed by atoms with Crippen molar-refractivity contribution >= 4 is 11.6 Å². The zero-order chi connectivity index (χ0) is 19.0. The van der Waals surface area contributed by atoms with Crippen LogP contribution in [0.2, 0.25) is 0 Å².